The molecule has 33 heavy (non-hydrogen) atoms. The molecule has 0 aliphatic rings. The average molecular weight is 469 g/mol. The Morgan fingerprint density at radius 2 is 0.576 bits per heavy atom. The van der Waals surface area contributed by atoms with Crippen LogP contribution in [0.15, 0.2) is 121 Å². The largest absolute Gasteiger partial charge is 0.0977 e. The Bertz CT molecular complexity index is 863. The zero-order valence-electron chi connectivity index (χ0n) is 19.4. The molecule has 0 saturated heterocycles. The summed E-state index contributed by atoms with van der Waals surface area (Å²) in [4.78, 5) is 0. The van der Waals surface area contributed by atoms with Gasteiger partial charge in [-0.1, -0.05) is 137 Å². The summed E-state index contributed by atoms with van der Waals surface area (Å²) >= 11 is 0. The van der Waals surface area contributed by atoms with Crippen LogP contribution in [0.2, 0.25) is 0 Å². The molecule has 0 nitrogen and oxygen atoms in total. The topological polar surface area (TPSA) is 0 Å². The highest BCUT2D eigenvalue weighted by atomic mass is 31.1. The van der Waals surface area contributed by atoms with Gasteiger partial charge in [0.05, 0.1) is 0 Å². The SMILES string of the molecule is c1ccc(CP(CCCP(Cc2ccccc2)Cc2ccccc2)Cc2ccccc2)cc1. The van der Waals surface area contributed by atoms with Gasteiger partial charge < -0.3 is 0 Å². The second-order valence-corrected chi connectivity index (χ2v) is 13.6. The minimum atomic E-state index is -0.0520. The van der Waals surface area contributed by atoms with Gasteiger partial charge in [-0.3, -0.25) is 0 Å². The van der Waals surface area contributed by atoms with E-state index in [0.29, 0.717) is 0 Å². The highest BCUT2D eigenvalue weighted by Gasteiger charge is 2.14. The minimum Gasteiger partial charge on any atom is -0.0977 e. The van der Waals surface area contributed by atoms with Gasteiger partial charge in [0, 0.05) is 0 Å². The van der Waals surface area contributed by atoms with Gasteiger partial charge >= 0.3 is 0 Å². The van der Waals surface area contributed by atoms with E-state index in [4.69, 9.17) is 0 Å². The fourth-order valence-electron chi connectivity index (χ4n) is 4.31. The summed E-state index contributed by atoms with van der Waals surface area (Å²) in [5, 5.41) is 0. The maximum Gasteiger partial charge on any atom is -0.00701 e. The van der Waals surface area contributed by atoms with E-state index in [1.54, 1.807) is 0 Å². The molecule has 0 atom stereocenters. The Balaban J connectivity index is 1.40. The van der Waals surface area contributed by atoms with Gasteiger partial charge in [0.25, 0.3) is 0 Å². The van der Waals surface area contributed by atoms with Crippen molar-refractivity contribution in [3.8, 4) is 0 Å². The van der Waals surface area contributed by atoms with Crippen molar-refractivity contribution in [3.63, 3.8) is 0 Å². The fraction of sp³-hybridized carbons (Fsp3) is 0.226. The second-order valence-electron chi connectivity index (χ2n) is 8.72. The minimum absolute atomic E-state index is 0.0520. The molecule has 4 aromatic rings. The predicted octanol–water partition coefficient (Wildman–Crippen LogP) is 9.14. The molecule has 0 saturated carbocycles. The third-order valence-corrected chi connectivity index (χ3v) is 11.1. The first-order chi connectivity index (χ1) is 16.3. The number of hydrogen-bond donors (Lipinski definition) is 0. The van der Waals surface area contributed by atoms with Crippen LogP contribution in [0.25, 0.3) is 0 Å². The lowest BCUT2D eigenvalue weighted by molar-refractivity contribution is 1.07. The Morgan fingerprint density at radius 3 is 0.818 bits per heavy atom. The maximum atomic E-state index is 2.30. The van der Waals surface area contributed by atoms with Gasteiger partial charge in [-0.05, 0) is 65.6 Å². The molecule has 2 heteroatoms. The lowest BCUT2D eigenvalue weighted by atomic mass is 10.2. The number of benzene rings is 4. The predicted molar refractivity (Wildman–Crippen MR) is 149 cm³/mol. The van der Waals surface area contributed by atoms with E-state index in [9.17, 15) is 0 Å². The summed E-state index contributed by atoms with van der Waals surface area (Å²) in [6.07, 6.45) is 9.02. The van der Waals surface area contributed by atoms with E-state index in [1.165, 1.54) is 65.6 Å². The zero-order valence-corrected chi connectivity index (χ0v) is 21.2. The summed E-state index contributed by atoms with van der Waals surface area (Å²) < 4.78 is 0. The molecule has 0 aromatic heterocycles. The van der Waals surface area contributed by atoms with Crippen molar-refractivity contribution in [2.24, 2.45) is 0 Å². The summed E-state index contributed by atoms with van der Waals surface area (Å²) in [5.41, 5.74) is 5.98. The summed E-state index contributed by atoms with van der Waals surface area (Å²) in [7, 11) is -0.104. The van der Waals surface area contributed by atoms with Crippen molar-refractivity contribution in [3.05, 3.63) is 144 Å². The number of rotatable bonds is 12. The fourth-order valence-corrected chi connectivity index (χ4v) is 9.54. The monoisotopic (exact) mass is 468 g/mol. The first-order valence-electron chi connectivity index (χ1n) is 12.0. The molecule has 0 aliphatic heterocycles. The van der Waals surface area contributed by atoms with Crippen LogP contribution in [0.3, 0.4) is 0 Å². The summed E-state index contributed by atoms with van der Waals surface area (Å²) in [5.74, 6) is 0. The lowest BCUT2D eigenvalue weighted by Crippen LogP contribution is -1.99. The molecule has 0 heterocycles. The second kappa shape index (κ2) is 13.4. The molecule has 0 unspecified atom stereocenters. The smallest absolute Gasteiger partial charge is 0.00701 e. The molecule has 4 aromatic carbocycles. The van der Waals surface area contributed by atoms with E-state index in [1.807, 2.05) is 0 Å². The van der Waals surface area contributed by atoms with Gasteiger partial charge in [0.2, 0.25) is 0 Å². The highest BCUT2D eigenvalue weighted by molar-refractivity contribution is 7.57. The van der Waals surface area contributed by atoms with Gasteiger partial charge in [-0.15, -0.1) is 0 Å². The summed E-state index contributed by atoms with van der Waals surface area (Å²) in [6.45, 7) is 0. The Kier molecular flexibility index (Phi) is 9.73. The molecule has 0 spiro atoms. The molecule has 0 bridgehead atoms. The zero-order chi connectivity index (χ0) is 22.6. The van der Waals surface area contributed by atoms with Gasteiger partial charge in [-0.25, -0.2) is 0 Å². The van der Waals surface area contributed by atoms with Crippen LogP contribution < -0.4 is 0 Å². The first kappa shape index (κ1) is 23.9. The molecule has 0 aliphatic carbocycles. The summed E-state index contributed by atoms with van der Waals surface area (Å²) in [6, 6.07) is 44.4. The normalized spacial score (nSPS) is 11.2. The molecular weight excluding hydrogens is 434 g/mol. The first-order valence-corrected chi connectivity index (χ1v) is 15.7. The molecule has 0 radical (unpaired) electrons. The van der Waals surface area contributed by atoms with Crippen LogP contribution in [0.1, 0.15) is 28.7 Å². The maximum absolute atomic E-state index is 2.30. The van der Waals surface area contributed by atoms with Crippen molar-refractivity contribution < 1.29 is 0 Å². The quantitative estimate of drug-likeness (QED) is 0.182. The van der Waals surface area contributed by atoms with Crippen molar-refractivity contribution in [1.82, 2.24) is 0 Å². The number of hydrogen-bond acceptors (Lipinski definition) is 0. The molecule has 0 amide bonds. The van der Waals surface area contributed by atoms with Crippen molar-refractivity contribution in [2.75, 3.05) is 12.3 Å². The van der Waals surface area contributed by atoms with Crippen molar-refractivity contribution >= 4 is 15.8 Å². The van der Waals surface area contributed by atoms with Gasteiger partial charge in [0.15, 0.2) is 0 Å². The van der Waals surface area contributed by atoms with E-state index in [2.05, 4.69) is 121 Å². The molecule has 0 N–H and O–H groups in total. The van der Waals surface area contributed by atoms with Crippen LogP contribution in [0.4, 0.5) is 0 Å². The van der Waals surface area contributed by atoms with Crippen molar-refractivity contribution in [1.29, 1.82) is 0 Å². The Morgan fingerprint density at radius 1 is 0.333 bits per heavy atom. The molecule has 0 fully saturated rings. The Hall–Kier alpha value is -2.26. The van der Waals surface area contributed by atoms with Crippen LogP contribution in [0, 0.1) is 0 Å². The molecule has 4 rings (SSSR count). The van der Waals surface area contributed by atoms with Crippen molar-refractivity contribution in [2.45, 2.75) is 31.1 Å². The standard InChI is InChI=1S/C31H34P2/c1-5-14-28(15-6-1)24-32(25-29-16-7-2-8-17-29)22-13-23-33(26-30-18-9-3-10-19-30)27-31-20-11-4-12-21-31/h1-12,14-21H,13,22-27H2. The molecular formula is C31H34P2. The van der Waals surface area contributed by atoms with Crippen LogP contribution in [-0.4, -0.2) is 12.3 Å². The van der Waals surface area contributed by atoms with Crippen LogP contribution >= 0.6 is 15.8 Å². The van der Waals surface area contributed by atoms with E-state index >= 15 is 0 Å². The van der Waals surface area contributed by atoms with E-state index in [0.717, 1.165) is 0 Å². The third kappa shape index (κ3) is 8.55. The van der Waals surface area contributed by atoms with E-state index in [-0.39, 0.29) is 15.8 Å². The van der Waals surface area contributed by atoms with Crippen LogP contribution in [-0.2, 0) is 24.6 Å². The van der Waals surface area contributed by atoms with Gasteiger partial charge in [0.1, 0.15) is 0 Å². The average Bonchev–Trinajstić information content (AvgIpc) is 2.86. The molecule has 168 valence electrons. The lowest BCUT2D eigenvalue weighted by Gasteiger charge is -2.22. The Labute approximate surface area is 202 Å². The van der Waals surface area contributed by atoms with Crippen LogP contribution in [0.5, 0.6) is 0 Å². The van der Waals surface area contributed by atoms with Gasteiger partial charge in [-0.2, -0.15) is 0 Å². The van der Waals surface area contributed by atoms with E-state index < -0.39 is 0 Å². The third-order valence-electron chi connectivity index (χ3n) is 5.94. The highest BCUT2D eigenvalue weighted by Crippen LogP contribution is 2.48.